The summed E-state index contributed by atoms with van der Waals surface area (Å²) < 4.78 is 5.07. The second-order valence-electron chi connectivity index (χ2n) is 4.44. The molecule has 0 spiro atoms. The number of nitrogens with one attached hydrogen (secondary N) is 1. The minimum Gasteiger partial charge on any atom is -0.497 e. The molecule has 0 bridgehead atoms. The van der Waals surface area contributed by atoms with Gasteiger partial charge in [-0.1, -0.05) is 6.07 Å². The molecule has 17 heavy (non-hydrogen) atoms. The van der Waals surface area contributed by atoms with Gasteiger partial charge in [0.25, 0.3) is 5.91 Å². The Balaban J connectivity index is 1.89. The summed E-state index contributed by atoms with van der Waals surface area (Å²) in [6.07, 6.45) is 2.38. The smallest absolute Gasteiger partial charge is 0.251 e. The van der Waals surface area contributed by atoms with Crippen LogP contribution in [0.3, 0.4) is 0 Å². The third-order valence-corrected chi connectivity index (χ3v) is 3.06. The molecule has 1 fully saturated rings. The number of amides is 1. The van der Waals surface area contributed by atoms with Crippen molar-refractivity contribution in [3.63, 3.8) is 0 Å². The van der Waals surface area contributed by atoms with Crippen LogP contribution in [-0.4, -0.2) is 25.6 Å². The van der Waals surface area contributed by atoms with Crippen molar-refractivity contribution < 1.29 is 9.53 Å². The van der Waals surface area contributed by atoms with Crippen molar-refractivity contribution in [2.75, 3.05) is 13.7 Å². The van der Waals surface area contributed by atoms with Gasteiger partial charge in [-0.15, -0.1) is 0 Å². The van der Waals surface area contributed by atoms with E-state index in [0.29, 0.717) is 23.8 Å². The molecule has 0 aromatic heterocycles. The topological polar surface area (TPSA) is 64.3 Å². The van der Waals surface area contributed by atoms with Crippen molar-refractivity contribution in [1.29, 1.82) is 0 Å². The van der Waals surface area contributed by atoms with E-state index >= 15 is 0 Å². The van der Waals surface area contributed by atoms with Gasteiger partial charge in [0.15, 0.2) is 0 Å². The minimum absolute atomic E-state index is 0.0876. The van der Waals surface area contributed by atoms with Crippen molar-refractivity contribution in [2.24, 2.45) is 11.7 Å². The number of nitrogens with two attached hydrogens (primary N) is 1. The monoisotopic (exact) mass is 234 g/mol. The third kappa shape index (κ3) is 3.20. The molecule has 1 unspecified atom stereocenters. The number of carbonyl (C=O) groups is 1. The van der Waals surface area contributed by atoms with Crippen molar-refractivity contribution >= 4 is 5.91 Å². The fraction of sp³-hybridized carbons (Fsp3) is 0.462. The first-order valence-electron chi connectivity index (χ1n) is 5.88. The Morgan fingerprint density at radius 2 is 2.35 bits per heavy atom. The summed E-state index contributed by atoms with van der Waals surface area (Å²) in [6.45, 7) is 0.542. The number of carbonyl (C=O) groups excluding carboxylic acids is 1. The second kappa shape index (κ2) is 5.19. The summed E-state index contributed by atoms with van der Waals surface area (Å²) in [4.78, 5) is 11.8. The maximum Gasteiger partial charge on any atom is 0.251 e. The van der Waals surface area contributed by atoms with Crippen molar-refractivity contribution in [1.82, 2.24) is 5.32 Å². The summed E-state index contributed by atoms with van der Waals surface area (Å²) >= 11 is 0. The Labute approximate surface area is 101 Å². The maximum atomic E-state index is 11.8. The van der Waals surface area contributed by atoms with Gasteiger partial charge in [0.05, 0.1) is 7.11 Å². The van der Waals surface area contributed by atoms with Crippen LogP contribution in [0.4, 0.5) is 0 Å². The normalized spacial score (nSPS) is 16.4. The molecule has 1 saturated carbocycles. The molecule has 0 radical (unpaired) electrons. The molecule has 0 heterocycles. The zero-order chi connectivity index (χ0) is 12.3. The zero-order valence-electron chi connectivity index (χ0n) is 9.98. The minimum atomic E-state index is -0.0972. The Bertz CT molecular complexity index is 402. The van der Waals surface area contributed by atoms with Gasteiger partial charge in [-0.3, -0.25) is 4.79 Å². The molecule has 1 aromatic carbocycles. The lowest BCUT2D eigenvalue weighted by atomic mass is 10.1. The van der Waals surface area contributed by atoms with Gasteiger partial charge in [0.1, 0.15) is 5.75 Å². The fourth-order valence-electron chi connectivity index (χ4n) is 1.77. The first kappa shape index (κ1) is 11.9. The van der Waals surface area contributed by atoms with Gasteiger partial charge in [0.2, 0.25) is 0 Å². The molecule has 2 rings (SSSR count). The quantitative estimate of drug-likeness (QED) is 0.803. The highest BCUT2D eigenvalue weighted by atomic mass is 16.5. The molecular formula is C13H18N2O2. The average molecular weight is 234 g/mol. The molecular weight excluding hydrogens is 216 g/mol. The SMILES string of the molecule is COc1cccc(C(=O)NCC(N)C2CC2)c1. The maximum absolute atomic E-state index is 11.8. The first-order chi connectivity index (χ1) is 8.20. The van der Waals surface area contributed by atoms with Gasteiger partial charge in [-0.2, -0.15) is 0 Å². The predicted molar refractivity (Wildman–Crippen MR) is 66.0 cm³/mol. The predicted octanol–water partition coefficient (Wildman–Crippen LogP) is 1.16. The van der Waals surface area contributed by atoms with E-state index in [1.54, 1.807) is 25.3 Å². The standard InChI is InChI=1S/C13H18N2O2/c1-17-11-4-2-3-10(7-11)13(16)15-8-12(14)9-5-6-9/h2-4,7,9,12H,5-6,8,14H2,1H3,(H,15,16). The van der Waals surface area contributed by atoms with Crippen LogP contribution in [0, 0.1) is 5.92 Å². The van der Waals surface area contributed by atoms with Crippen LogP contribution in [0.5, 0.6) is 5.75 Å². The van der Waals surface area contributed by atoms with E-state index in [1.165, 1.54) is 12.8 Å². The molecule has 1 amide bonds. The van der Waals surface area contributed by atoms with Crippen LogP contribution in [-0.2, 0) is 0 Å². The molecule has 0 saturated heterocycles. The molecule has 4 nitrogen and oxygen atoms in total. The van der Waals surface area contributed by atoms with Crippen LogP contribution < -0.4 is 15.8 Å². The molecule has 0 aliphatic heterocycles. The second-order valence-corrected chi connectivity index (χ2v) is 4.44. The van der Waals surface area contributed by atoms with Gasteiger partial charge in [0, 0.05) is 18.2 Å². The number of benzene rings is 1. The lowest BCUT2D eigenvalue weighted by Gasteiger charge is -2.11. The molecule has 1 aliphatic carbocycles. The molecule has 1 aromatic rings. The third-order valence-electron chi connectivity index (χ3n) is 3.06. The van der Waals surface area contributed by atoms with E-state index in [1.807, 2.05) is 6.07 Å². The van der Waals surface area contributed by atoms with Crippen LogP contribution >= 0.6 is 0 Å². The molecule has 1 aliphatic rings. The van der Waals surface area contributed by atoms with E-state index in [9.17, 15) is 4.79 Å². The highest BCUT2D eigenvalue weighted by Crippen LogP contribution is 2.31. The highest BCUT2D eigenvalue weighted by Gasteiger charge is 2.28. The number of hydrogen-bond donors (Lipinski definition) is 2. The van der Waals surface area contributed by atoms with Gasteiger partial charge < -0.3 is 15.8 Å². The molecule has 1 atom stereocenters. The van der Waals surface area contributed by atoms with Crippen molar-refractivity contribution in [3.8, 4) is 5.75 Å². The molecule has 4 heteroatoms. The summed E-state index contributed by atoms with van der Waals surface area (Å²) in [5, 5.41) is 2.85. The fourth-order valence-corrected chi connectivity index (χ4v) is 1.77. The Kier molecular flexibility index (Phi) is 3.64. The summed E-state index contributed by atoms with van der Waals surface area (Å²) in [5.41, 5.74) is 6.53. The van der Waals surface area contributed by atoms with Gasteiger partial charge in [-0.25, -0.2) is 0 Å². The lowest BCUT2D eigenvalue weighted by molar-refractivity contribution is 0.0950. The molecule has 92 valence electrons. The number of rotatable bonds is 5. The van der Waals surface area contributed by atoms with Gasteiger partial charge >= 0.3 is 0 Å². The van der Waals surface area contributed by atoms with E-state index < -0.39 is 0 Å². The van der Waals surface area contributed by atoms with E-state index in [2.05, 4.69) is 5.32 Å². The summed E-state index contributed by atoms with van der Waals surface area (Å²) in [7, 11) is 1.58. The Morgan fingerprint density at radius 3 is 3.00 bits per heavy atom. The number of hydrogen-bond acceptors (Lipinski definition) is 3. The summed E-state index contributed by atoms with van der Waals surface area (Å²) in [6, 6.07) is 7.18. The lowest BCUT2D eigenvalue weighted by Crippen LogP contribution is -2.38. The Hall–Kier alpha value is -1.55. The van der Waals surface area contributed by atoms with E-state index in [0.717, 1.165) is 0 Å². The largest absolute Gasteiger partial charge is 0.497 e. The van der Waals surface area contributed by atoms with Crippen molar-refractivity contribution in [3.05, 3.63) is 29.8 Å². The highest BCUT2D eigenvalue weighted by molar-refractivity contribution is 5.94. The number of ether oxygens (including phenoxy) is 1. The average Bonchev–Trinajstić information content (AvgIpc) is 3.19. The molecule has 3 N–H and O–H groups in total. The first-order valence-corrected chi connectivity index (χ1v) is 5.88. The van der Waals surface area contributed by atoms with Crippen LogP contribution in [0.25, 0.3) is 0 Å². The van der Waals surface area contributed by atoms with Crippen LogP contribution in [0.15, 0.2) is 24.3 Å². The summed E-state index contributed by atoms with van der Waals surface area (Å²) in [5.74, 6) is 1.18. The van der Waals surface area contributed by atoms with E-state index in [4.69, 9.17) is 10.5 Å². The van der Waals surface area contributed by atoms with Gasteiger partial charge in [-0.05, 0) is 37.0 Å². The van der Waals surface area contributed by atoms with Crippen LogP contribution in [0.1, 0.15) is 23.2 Å². The van der Waals surface area contributed by atoms with Crippen LogP contribution in [0.2, 0.25) is 0 Å². The zero-order valence-corrected chi connectivity index (χ0v) is 9.98. The van der Waals surface area contributed by atoms with E-state index in [-0.39, 0.29) is 11.9 Å². The van der Waals surface area contributed by atoms with Crippen molar-refractivity contribution in [2.45, 2.75) is 18.9 Å². The number of methoxy groups -OCH3 is 1. The Morgan fingerprint density at radius 1 is 1.59 bits per heavy atom.